The van der Waals surface area contributed by atoms with E-state index in [1.165, 1.54) is 47.0 Å². The number of para-hydroxylation sites is 1. The molecule has 0 radical (unpaired) electrons. The van der Waals surface area contributed by atoms with E-state index in [9.17, 15) is 18.0 Å². The predicted molar refractivity (Wildman–Crippen MR) is 169 cm³/mol. The normalized spacial score (nSPS) is 14.9. The Bertz CT molecular complexity index is 1730. The van der Waals surface area contributed by atoms with Gasteiger partial charge in [0.05, 0.1) is 22.8 Å². The van der Waals surface area contributed by atoms with Crippen molar-refractivity contribution >= 4 is 51.6 Å². The van der Waals surface area contributed by atoms with Crippen molar-refractivity contribution in [2.24, 2.45) is 10.1 Å². The van der Waals surface area contributed by atoms with E-state index in [1.54, 1.807) is 4.90 Å². The monoisotopic (exact) mass is 637 g/mol. The molecule has 1 aromatic heterocycles. The van der Waals surface area contributed by atoms with Gasteiger partial charge in [0.2, 0.25) is 11.0 Å². The van der Waals surface area contributed by atoms with Crippen LogP contribution in [-0.4, -0.2) is 48.8 Å². The molecule has 14 heteroatoms. The van der Waals surface area contributed by atoms with Crippen LogP contribution in [0.25, 0.3) is 17.1 Å². The number of hydrogen-bond donors (Lipinski definition) is 1. The number of ether oxygens (including phenoxy) is 1. The van der Waals surface area contributed by atoms with Gasteiger partial charge in [-0.2, -0.15) is 10.1 Å². The fourth-order valence-electron chi connectivity index (χ4n) is 4.35. The van der Waals surface area contributed by atoms with Crippen LogP contribution in [0.1, 0.15) is 37.8 Å². The molecule has 0 atom stereocenters. The SMILES string of the molecule is C/C(=N\NC(=S)/N=C1\SCC(=O)N1c1ccccc1C(C)C)c1ccc(-c2ncn(-c3ccc(OC(F)(F)F)cc3)n2)cc1. The van der Waals surface area contributed by atoms with Gasteiger partial charge in [-0.05, 0) is 66.5 Å². The second kappa shape index (κ2) is 13.0. The van der Waals surface area contributed by atoms with E-state index in [-0.39, 0.29) is 28.4 Å². The van der Waals surface area contributed by atoms with E-state index in [4.69, 9.17) is 12.2 Å². The van der Waals surface area contributed by atoms with Gasteiger partial charge in [0.1, 0.15) is 12.1 Å². The molecule has 0 bridgehead atoms. The highest BCUT2D eigenvalue weighted by Gasteiger charge is 2.32. The number of aromatic nitrogens is 3. The molecular formula is C30H26F3N7O2S2. The number of rotatable bonds is 7. The second-order valence-electron chi connectivity index (χ2n) is 9.87. The molecule has 0 spiro atoms. The molecule has 0 saturated carbocycles. The molecule has 1 saturated heterocycles. The van der Waals surface area contributed by atoms with Crippen molar-refractivity contribution in [2.45, 2.75) is 33.1 Å². The molecule has 44 heavy (non-hydrogen) atoms. The van der Waals surface area contributed by atoms with Crippen molar-refractivity contribution in [3.8, 4) is 22.8 Å². The van der Waals surface area contributed by atoms with Gasteiger partial charge in [-0.15, -0.1) is 18.3 Å². The number of thioether (sulfide) groups is 1. The molecule has 0 aliphatic carbocycles. The summed E-state index contributed by atoms with van der Waals surface area (Å²) in [5.41, 5.74) is 7.36. The Balaban J connectivity index is 1.24. The number of nitrogens with one attached hydrogen (secondary N) is 1. The molecule has 1 aliphatic rings. The lowest BCUT2D eigenvalue weighted by molar-refractivity contribution is -0.274. The maximum atomic E-state index is 12.7. The van der Waals surface area contributed by atoms with E-state index in [0.29, 0.717) is 22.4 Å². The standard InChI is InChI=1S/C30H26F3N7O2S2/c1-18(2)24-6-4-5-7-25(24)40-26(41)16-44-29(40)35-28(43)37-36-19(3)20-8-10-21(11-9-20)27-34-17-39(38-27)22-12-14-23(15-13-22)42-30(31,32)33/h4-15,17-18H,16H2,1-3H3,(H,37,43)/b35-29-,36-19+. The van der Waals surface area contributed by atoms with Crippen LogP contribution >= 0.6 is 24.0 Å². The Morgan fingerprint density at radius 3 is 2.45 bits per heavy atom. The first-order valence-corrected chi connectivity index (χ1v) is 14.7. The summed E-state index contributed by atoms with van der Waals surface area (Å²) in [4.78, 5) is 23.1. The third kappa shape index (κ3) is 7.32. The zero-order chi connectivity index (χ0) is 31.4. The summed E-state index contributed by atoms with van der Waals surface area (Å²) in [6, 6.07) is 20.4. The predicted octanol–water partition coefficient (Wildman–Crippen LogP) is 6.69. The fraction of sp³-hybridized carbons (Fsp3) is 0.200. The first-order chi connectivity index (χ1) is 21.0. The van der Waals surface area contributed by atoms with E-state index >= 15 is 0 Å². The Labute approximate surface area is 260 Å². The average molecular weight is 638 g/mol. The summed E-state index contributed by atoms with van der Waals surface area (Å²) in [6.07, 6.45) is -3.28. The molecule has 3 aromatic carbocycles. The minimum atomic E-state index is -4.76. The number of carbonyl (C=O) groups is 1. The number of halogens is 3. The van der Waals surface area contributed by atoms with Crippen LogP contribution in [-0.2, 0) is 4.79 Å². The third-order valence-corrected chi connectivity index (χ3v) is 7.58. The zero-order valence-corrected chi connectivity index (χ0v) is 25.4. The first-order valence-electron chi connectivity index (χ1n) is 13.3. The van der Waals surface area contributed by atoms with Crippen LogP contribution in [0, 0.1) is 0 Å². The van der Waals surface area contributed by atoms with Crippen molar-refractivity contribution in [3.63, 3.8) is 0 Å². The van der Waals surface area contributed by atoms with Crippen LogP contribution in [0.5, 0.6) is 5.75 Å². The van der Waals surface area contributed by atoms with Gasteiger partial charge in [0.15, 0.2) is 11.0 Å². The van der Waals surface area contributed by atoms with Gasteiger partial charge < -0.3 is 4.74 Å². The van der Waals surface area contributed by atoms with Gasteiger partial charge in [-0.1, -0.05) is 68.1 Å². The summed E-state index contributed by atoms with van der Waals surface area (Å²) in [5.74, 6) is 0.558. The highest BCUT2D eigenvalue weighted by Crippen LogP contribution is 2.33. The second-order valence-corrected chi connectivity index (χ2v) is 11.2. The van der Waals surface area contributed by atoms with E-state index in [0.717, 1.165) is 22.4 Å². The molecule has 1 fully saturated rings. The summed E-state index contributed by atoms with van der Waals surface area (Å²) in [7, 11) is 0. The summed E-state index contributed by atoms with van der Waals surface area (Å²) in [6.45, 7) is 5.97. The van der Waals surface area contributed by atoms with Crippen LogP contribution in [0.4, 0.5) is 18.9 Å². The van der Waals surface area contributed by atoms with Gasteiger partial charge in [0, 0.05) is 5.56 Å². The summed E-state index contributed by atoms with van der Waals surface area (Å²) < 4.78 is 42.6. The zero-order valence-electron chi connectivity index (χ0n) is 23.7. The number of alkyl halides is 3. The Morgan fingerprint density at radius 2 is 1.77 bits per heavy atom. The van der Waals surface area contributed by atoms with Crippen LogP contribution in [0.2, 0.25) is 0 Å². The number of amidine groups is 1. The number of aliphatic imine (C=N–C) groups is 1. The van der Waals surface area contributed by atoms with Crippen molar-refractivity contribution in [2.75, 3.05) is 10.7 Å². The molecule has 1 N–H and O–H groups in total. The third-order valence-electron chi connectivity index (χ3n) is 6.47. The lowest BCUT2D eigenvalue weighted by Gasteiger charge is -2.21. The number of amides is 1. The smallest absolute Gasteiger partial charge is 0.406 e. The van der Waals surface area contributed by atoms with Crippen molar-refractivity contribution in [1.82, 2.24) is 20.2 Å². The number of hydrazone groups is 1. The molecule has 2 heterocycles. The Kier molecular flexibility index (Phi) is 9.11. The molecule has 0 unspecified atom stereocenters. The van der Waals surface area contributed by atoms with Crippen LogP contribution in [0.3, 0.4) is 0 Å². The van der Waals surface area contributed by atoms with Crippen molar-refractivity contribution < 1.29 is 22.7 Å². The van der Waals surface area contributed by atoms with Gasteiger partial charge in [-0.3, -0.25) is 15.1 Å². The Morgan fingerprint density at radius 1 is 1.07 bits per heavy atom. The minimum absolute atomic E-state index is 0.0582. The average Bonchev–Trinajstić information content (AvgIpc) is 3.62. The highest BCUT2D eigenvalue weighted by atomic mass is 32.2. The number of anilines is 1. The van der Waals surface area contributed by atoms with Crippen molar-refractivity contribution in [1.29, 1.82) is 0 Å². The lowest BCUT2D eigenvalue weighted by atomic mass is 10.0. The number of benzene rings is 3. The van der Waals surface area contributed by atoms with Gasteiger partial charge >= 0.3 is 6.36 Å². The molecule has 4 aromatic rings. The molecule has 9 nitrogen and oxygen atoms in total. The van der Waals surface area contributed by atoms with E-state index in [2.05, 4.69) is 44.2 Å². The largest absolute Gasteiger partial charge is 0.573 e. The number of hydrogen-bond acceptors (Lipinski definition) is 7. The Hall–Kier alpha value is -4.56. The van der Waals surface area contributed by atoms with Gasteiger partial charge in [-0.25, -0.2) is 9.67 Å². The highest BCUT2D eigenvalue weighted by molar-refractivity contribution is 8.15. The molecule has 1 amide bonds. The molecule has 226 valence electrons. The molecule has 1 aliphatic heterocycles. The number of thiocarbonyl (C=S) groups is 1. The topological polar surface area (TPSA) is 97.0 Å². The lowest BCUT2D eigenvalue weighted by Crippen LogP contribution is -2.31. The number of carbonyl (C=O) groups excluding carboxylic acids is 1. The maximum absolute atomic E-state index is 12.7. The van der Waals surface area contributed by atoms with E-state index in [1.807, 2.05) is 55.5 Å². The summed E-state index contributed by atoms with van der Waals surface area (Å²) >= 11 is 6.74. The first kappa shape index (κ1) is 30.9. The molecular weight excluding hydrogens is 612 g/mol. The number of nitrogens with zero attached hydrogens (tertiary/aromatic N) is 6. The van der Waals surface area contributed by atoms with Gasteiger partial charge in [0.25, 0.3) is 0 Å². The van der Waals surface area contributed by atoms with Crippen molar-refractivity contribution in [3.05, 3.63) is 90.3 Å². The maximum Gasteiger partial charge on any atom is 0.573 e. The van der Waals surface area contributed by atoms with Crippen LogP contribution < -0.4 is 15.1 Å². The molecule has 5 rings (SSSR count). The van der Waals surface area contributed by atoms with Crippen LogP contribution in [0.15, 0.2) is 89.2 Å². The van der Waals surface area contributed by atoms with E-state index < -0.39 is 6.36 Å². The summed E-state index contributed by atoms with van der Waals surface area (Å²) in [5, 5.41) is 9.41. The minimum Gasteiger partial charge on any atom is -0.406 e. The quantitative estimate of drug-likeness (QED) is 0.137. The fourth-order valence-corrected chi connectivity index (χ4v) is 5.41.